The number of carbonyl (C=O) groups excluding carboxylic acids is 1. The SMILES string of the molecule is Cn1c(=O)oc2ccc(-c3ccc(C[C@@H](C#N)NC(=O)C4(N)CS(=O)(=O)C4)cc3)cc21. The maximum Gasteiger partial charge on any atom is 0.419 e. The van der Waals surface area contributed by atoms with Crippen LogP contribution in [0.2, 0.25) is 0 Å². The molecule has 0 bridgehead atoms. The zero-order valence-electron chi connectivity index (χ0n) is 16.7. The molecular weight excluding hydrogens is 420 g/mol. The van der Waals surface area contributed by atoms with E-state index in [1.807, 2.05) is 42.5 Å². The van der Waals surface area contributed by atoms with E-state index in [4.69, 9.17) is 10.2 Å². The zero-order valence-corrected chi connectivity index (χ0v) is 17.5. The summed E-state index contributed by atoms with van der Waals surface area (Å²) in [6.07, 6.45) is 0.251. The minimum Gasteiger partial charge on any atom is -0.408 e. The number of aromatic nitrogens is 1. The molecule has 1 fully saturated rings. The van der Waals surface area contributed by atoms with Crippen molar-refractivity contribution in [2.75, 3.05) is 11.5 Å². The molecule has 1 saturated heterocycles. The first-order valence-electron chi connectivity index (χ1n) is 9.49. The number of rotatable bonds is 5. The second-order valence-electron chi connectivity index (χ2n) is 7.85. The third kappa shape index (κ3) is 3.97. The molecule has 3 aromatic rings. The van der Waals surface area contributed by atoms with Crippen molar-refractivity contribution < 1.29 is 17.6 Å². The number of nitriles is 1. The molecule has 0 spiro atoms. The van der Waals surface area contributed by atoms with Gasteiger partial charge in [-0.2, -0.15) is 5.26 Å². The summed E-state index contributed by atoms with van der Waals surface area (Å²) in [7, 11) is -1.63. The highest BCUT2D eigenvalue weighted by Gasteiger charge is 2.51. The van der Waals surface area contributed by atoms with E-state index < -0.39 is 44.6 Å². The standard InChI is InChI=1S/C21H20N4O5S/c1-25-17-9-15(6-7-18(17)30-20(25)27)14-4-2-13(3-5-14)8-16(10-22)24-19(26)21(23)11-31(28,29)12-21/h2-7,9,16H,8,11-12,23H2,1H3,(H,24,26)/t16-/m0/s1. The van der Waals surface area contributed by atoms with Gasteiger partial charge in [0.25, 0.3) is 0 Å². The zero-order chi connectivity index (χ0) is 22.4. The summed E-state index contributed by atoms with van der Waals surface area (Å²) in [6.45, 7) is 0. The molecule has 10 heteroatoms. The molecule has 1 aliphatic rings. The summed E-state index contributed by atoms with van der Waals surface area (Å²) in [5, 5.41) is 11.9. The lowest BCUT2D eigenvalue weighted by atomic mass is 9.99. The quantitative estimate of drug-likeness (QED) is 0.586. The molecule has 31 heavy (non-hydrogen) atoms. The topological polar surface area (TPSA) is 148 Å². The van der Waals surface area contributed by atoms with Crippen molar-refractivity contribution in [1.82, 2.24) is 9.88 Å². The number of amides is 1. The second kappa shape index (κ2) is 7.37. The highest BCUT2D eigenvalue weighted by Crippen LogP contribution is 2.25. The summed E-state index contributed by atoms with van der Waals surface area (Å²) in [5.74, 6) is -1.88. The number of nitrogens with two attached hydrogens (primary N) is 1. The van der Waals surface area contributed by atoms with Crippen LogP contribution in [0.3, 0.4) is 0 Å². The molecule has 2 aromatic carbocycles. The molecule has 1 aromatic heterocycles. The van der Waals surface area contributed by atoms with Crippen molar-refractivity contribution in [2.45, 2.75) is 18.0 Å². The van der Waals surface area contributed by atoms with Crippen LogP contribution in [-0.4, -0.2) is 42.0 Å². The van der Waals surface area contributed by atoms with Crippen molar-refractivity contribution >= 4 is 26.8 Å². The van der Waals surface area contributed by atoms with Gasteiger partial charge in [0.1, 0.15) is 11.6 Å². The van der Waals surface area contributed by atoms with E-state index in [2.05, 4.69) is 5.32 Å². The molecule has 1 amide bonds. The summed E-state index contributed by atoms with van der Waals surface area (Å²) in [5.41, 5.74) is 8.19. The number of hydrogen-bond acceptors (Lipinski definition) is 7. The molecule has 160 valence electrons. The summed E-state index contributed by atoms with van der Waals surface area (Å²) < 4.78 is 29.3. The van der Waals surface area contributed by atoms with Crippen LogP contribution < -0.4 is 16.8 Å². The van der Waals surface area contributed by atoms with E-state index >= 15 is 0 Å². The van der Waals surface area contributed by atoms with Crippen molar-refractivity contribution in [1.29, 1.82) is 5.26 Å². The van der Waals surface area contributed by atoms with Crippen molar-refractivity contribution in [3.63, 3.8) is 0 Å². The van der Waals surface area contributed by atoms with Gasteiger partial charge in [0.2, 0.25) is 5.91 Å². The molecule has 4 rings (SSSR count). The van der Waals surface area contributed by atoms with Crippen LogP contribution >= 0.6 is 0 Å². The molecule has 3 N–H and O–H groups in total. The molecular formula is C21H20N4O5S. The average molecular weight is 440 g/mol. The lowest BCUT2D eigenvalue weighted by Gasteiger charge is -2.36. The lowest BCUT2D eigenvalue weighted by Crippen LogP contribution is -2.70. The Labute approximate surface area is 178 Å². The third-order valence-electron chi connectivity index (χ3n) is 5.39. The highest BCUT2D eigenvalue weighted by atomic mass is 32.2. The molecule has 2 heterocycles. The Morgan fingerprint density at radius 3 is 2.52 bits per heavy atom. The predicted octanol–water partition coefficient (Wildman–Crippen LogP) is 0.475. The minimum atomic E-state index is -3.28. The van der Waals surface area contributed by atoms with E-state index in [0.29, 0.717) is 11.1 Å². The number of benzene rings is 2. The molecule has 1 atom stereocenters. The van der Waals surface area contributed by atoms with Gasteiger partial charge in [-0.3, -0.25) is 9.36 Å². The summed E-state index contributed by atoms with van der Waals surface area (Å²) >= 11 is 0. The van der Waals surface area contributed by atoms with Crippen LogP contribution in [-0.2, 0) is 28.1 Å². The van der Waals surface area contributed by atoms with E-state index in [0.717, 1.165) is 16.7 Å². The Morgan fingerprint density at radius 1 is 1.26 bits per heavy atom. The predicted molar refractivity (Wildman–Crippen MR) is 114 cm³/mol. The van der Waals surface area contributed by atoms with Crippen LogP contribution in [0.15, 0.2) is 51.7 Å². The van der Waals surface area contributed by atoms with Crippen LogP contribution in [0, 0.1) is 11.3 Å². The third-order valence-corrected chi connectivity index (χ3v) is 7.30. The van der Waals surface area contributed by atoms with Crippen LogP contribution in [0.4, 0.5) is 0 Å². The number of aryl methyl sites for hydroxylation is 1. The van der Waals surface area contributed by atoms with Gasteiger partial charge in [-0.25, -0.2) is 13.2 Å². The number of nitrogens with zero attached hydrogens (tertiary/aromatic N) is 2. The van der Waals surface area contributed by atoms with Crippen molar-refractivity contribution in [3.05, 3.63) is 58.6 Å². The second-order valence-corrected chi connectivity index (χ2v) is 9.92. The normalized spacial score (nSPS) is 17.5. The molecule has 0 radical (unpaired) electrons. The molecule has 1 aliphatic heterocycles. The summed E-state index contributed by atoms with van der Waals surface area (Å²) in [6, 6.07) is 14.1. The van der Waals surface area contributed by atoms with Gasteiger partial charge in [0.15, 0.2) is 15.4 Å². The fourth-order valence-corrected chi connectivity index (χ4v) is 5.43. The van der Waals surface area contributed by atoms with Gasteiger partial charge >= 0.3 is 5.76 Å². The fourth-order valence-electron chi connectivity index (χ4n) is 3.68. The molecule has 9 nitrogen and oxygen atoms in total. The van der Waals surface area contributed by atoms with E-state index in [1.54, 1.807) is 13.1 Å². The van der Waals surface area contributed by atoms with Gasteiger partial charge in [0.05, 0.1) is 23.1 Å². The maximum atomic E-state index is 12.3. The maximum absolute atomic E-state index is 12.3. The number of fused-ring (bicyclic) bond motifs is 1. The molecule has 0 aliphatic carbocycles. The molecule has 0 saturated carbocycles. The first-order valence-corrected chi connectivity index (χ1v) is 11.3. The van der Waals surface area contributed by atoms with Gasteiger partial charge in [-0.1, -0.05) is 30.3 Å². The summed E-state index contributed by atoms with van der Waals surface area (Å²) in [4.78, 5) is 23.9. The Morgan fingerprint density at radius 2 is 1.90 bits per heavy atom. The number of sulfone groups is 1. The van der Waals surface area contributed by atoms with E-state index in [-0.39, 0.29) is 6.42 Å². The fraction of sp³-hybridized carbons (Fsp3) is 0.286. The van der Waals surface area contributed by atoms with Crippen LogP contribution in [0.5, 0.6) is 0 Å². The number of nitrogens with one attached hydrogen (secondary N) is 1. The van der Waals surface area contributed by atoms with Crippen molar-refractivity contribution in [3.8, 4) is 17.2 Å². The minimum absolute atomic E-state index is 0.251. The number of carbonyl (C=O) groups is 1. The Bertz CT molecular complexity index is 1370. The Balaban J connectivity index is 1.46. The van der Waals surface area contributed by atoms with Crippen LogP contribution in [0.1, 0.15) is 5.56 Å². The first kappa shape index (κ1) is 20.8. The lowest BCUT2D eigenvalue weighted by molar-refractivity contribution is -0.125. The van der Waals surface area contributed by atoms with Crippen molar-refractivity contribution in [2.24, 2.45) is 12.8 Å². The average Bonchev–Trinajstić information content (AvgIpc) is 2.99. The highest BCUT2D eigenvalue weighted by molar-refractivity contribution is 7.93. The Hall–Kier alpha value is -3.42. The molecule has 0 unspecified atom stereocenters. The first-order chi connectivity index (χ1) is 14.6. The number of oxazole rings is 1. The van der Waals surface area contributed by atoms with Gasteiger partial charge in [0, 0.05) is 13.5 Å². The van der Waals surface area contributed by atoms with E-state index in [1.165, 1.54) is 4.57 Å². The smallest absolute Gasteiger partial charge is 0.408 e. The van der Waals surface area contributed by atoms with Gasteiger partial charge < -0.3 is 15.5 Å². The Kier molecular flexibility index (Phi) is 4.95. The van der Waals surface area contributed by atoms with Crippen LogP contribution in [0.25, 0.3) is 22.2 Å². The van der Waals surface area contributed by atoms with Gasteiger partial charge in [-0.15, -0.1) is 0 Å². The monoisotopic (exact) mass is 440 g/mol. The largest absolute Gasteiger partial charge is 0.419 e. The van der Waals surface area contributed by atoms with E-state index in [9.17, 15) is 23.3 Å². The van der Waals surface area contributed by atoms with Gasteiger partial charge in [-0.05, 0) is 28.8 Å². The number of hydrogen-bond donors (Lipinski definition) is 2.